The molecule has 2 nitrogen and oxygen atoms in total. The minimum absolute atomic E-state index is 0.136. The van der Waals surface area contributed by atoms with E-state index in [9.17, 15) is 9.18 Å². The van der Waals surface area contributed by atoms with Crippen molar-refractivity contribution in [3.63, 3.8) is 0 Å². The summed E-state index contributed by atoms with van der Waals surface area (Å²) in [6, 6.07) is 4.04. The van der Waals surface area contributed by atoms with E-state index in [1.54, 1.807) is 6.07 Å². The number of halogens is 2. The Morgan fingerprint density at radius 3 is 2.86 bits per heavy atom. The van der Waals surface area contributed by atoms with Gasteiger partial charge >= 0.3 is 5.97 Å². The highest BCUT2D eigenvalue weighted by atomic mass is 79.9. The van der Waals surface area contributed by atoms with Gasteiger partial charge in [0.05, 0.1) is 14.0 Å². The van der Waals surface area contributed by atoms with E-state index >= 15 is 0 Å². The fourth-order valence-electron chi connectivity index (χ4n) is 1.23. The van der Waals surface area contributed by atoms with Crippen molar-refractivity contribution >= 4 is 43.3 Å². The molecular formula is C9H4BrFO2S. The van der Waals surface area contributed by atoms with Gasteiger partial charge in [-0.25, -0.2) is 9.18 Å². The van der Waals surface area contributed by atoms with Crippen LogP contribution in [0, 0.1) is 5.82 Å². The number of hydrogen-bond acceptors (Lipinski definition) is 2. The fourth-order valence-corrected chi connectivity index (χ4v) is 2.85. The van der Waals surface area contributed by atoms with Crippen LogP contribution < -0.4 is 0 Å². The van der Waals surface area contributed by atoms with E-state index in [0.717, 1.165) is 3.79 Å². The van der Waals surface area contributed by atoms with E-state index in [2.05, 4.69) is 15.9 Å². The largest absolute Gasteiger partial charge is 0.478 e. The van der Waals surface area contributed by atoms with Crippen LogP contribution in [0.25, 0.3) is 10.1 Å². The quantitative estimate of drug-likeness (QED) is 0.864. The lowest BCUT2D eigenvalue weighted by Crippen LogP contribution is -1.96. The second-order valence-corrected chi connectivity index (χ2v) is 5.12. The number of carboxylic acid groups (broad SMARTS) is 1. The summed E-state index contributed by atoms with van der Waals surface area (Å²) < 4.78 is 14.4. The zero-order chi connectivity index (χ0) is 10.3. The molecule has 0 unspecified atom stereocenters. The van der Waals surface area contributed by atoms with Crippen LogP contribution in [0.3, 0.4) is 0 Å². The average molecular weight is 275 g/mol. The van der Waals surface area contributed by atoms with Crippen molar-refractivity contribution in [1.29, 1.82) is 0 Å². The molecule has 0 aliphatic carbocycles. The van der Waals surface area contributed by atoms with Gasteiger partial charge in [0.1, 0.15) is 5.82 Å². The molecule has 14 heavy (non-hydrogen) atoms. The second kappa shape index (κ2) is 3.33. The van der Waals surface area contributed by atoms with Crippen LogP contribution in [0.4, 0.5) is 4.39 Å². The van der Waals surface area contributed by atoms with Gasteiger partial charge in [-0.2, -0.15) is 0 Å². The van der Waals surface area contributed by atoms with Crippen LogP contribution in [0.1, 0.15) is 10.4 Å². The summed E-state index contributed by atoms with van der Waals surface area (Å²) in [5.41, 5.74) is 0.136. The van der Waals surface area contributed by atoms with Crippen molar-refractivity contribution < 1.29 is 14.3 Å². The van der Waals surface area contributed by atoms with Crippen molar-refractivity contribution in [2.24, 2.45) is 0 Å². The molecule has 0 spiro atoms. The van der Waals surface area contributed by atoms with Gasteiger partial charge in [0.25, 0.3) is 0 Å². The Hall–Kier alpha value is -0.940. The topological polar surface area (TPSA) is 37.3 Å². The molecule has 0 saturated heterocycles. The Morgan fingerprint density at radius 1 is 1.50 bits per heavy atom. The van der Waals surface area contributed by atoms with E-state index in [1.165, 1.54) is 23.5 Å². The Bertz CT molecular complexity index is 521. The molecule has 0 aliphatic rings. The van der Waals surface area contributed by atoms with Crippen LogP contribution in [0.15, 0.2) is 22.0 Å². The summed E-state index contributed by atoms with van der Waals surface area (Å²) in [7, 11) is 0. The molecule has 1 aromatic carbocycles. The Kier molecular flexibility index (Phi) is 2.28. The number of carbonyl (C=O) groups is 1. The van der Waals surface area contributed by atoms with Crippen molar-refractivity contribution in [3.05, 3.63) is 33.4 Å². The Labute approximate surface area is 91.1 Å². The fraction of sp³-hybridized carbons (Fsp3) is 0. The molecule has 1 aromatic heterocycles. The Morgan fingerprint density at radius 2 is 2.21 bits per heavy atom. The number of aromatic carboxylic acids is 1. The summed E-state index contributed by atoms with van der Waals surface area (Å²) in [4.78, 5) is 10.8. The molecule has 0 aliphatic heterocycles. The molecule has 0 amide bonds. The summed E-state index contributed by atoms with van der Waals surface area (Å²) in [5.74, 6) is -1.43. The third-order valence-corrected chi connectivity index (χ3v) is 3.50. The SMILES string of the molecule is O=C(O)c1ccc(F)c2cc(Br)sc12. The van der Waals surface area contributed by atoms with Gasteiger partial charge in [-0.1, -0.05) is 0 Å². The standard InChI is InChI=1S/C9H4BrFO2S/c10-7-3-5-6(11)2-1-4(9(12)13)8(5)14-7/h1-3H,(H,12,13). The van der Waals surface area contributed by atoms with Crippen molar-refractivity contribution in [2.45, 2.75) is 0 Å². The first-order valence-corrected chi connectivity index (χ1v) is 5.31. The van der Waals surface area contributed by atoms with Crippen molar-refractivity contribution in [1.82, 2.24) is 0 Å². The van der Waals surface area contributed by atoms with Crippen LogP contribution in [-0.2, 0) is 0 Å². The average Bonchev–Trinajstić information content (AvgIpc) is 2.47. The maximum absolute atomic E-state index is 13.2. The molecule has 0 bridgehead atoms. The van der Waals surface area contributed by atoms with Gasteiger partial charge < -0.3 is 5.11 Å². The molecule has 1 N–H and O–H groups in total. The maximum Gasteiger partial charge on any atom is 0.337 e. The normalized spacial score (nSPS) is 10.7. The van der Waals surface area contributed by atoms with E-state index in [0.29, 0.717) is 10.1 Å². The van der Waals surface area contributed by atoms with E-state index < -0.39 is 11.8 Å². The molecule has 0 atom stereocenters. The Balaban J connectivity index is 2.87. The van der Waals surface area contributed by atoms with Gasteiger partial charge in [0.2, 0.25) is 0 Å². The summed E-state index contributed by atoms with van der Waals surface area (Å²) in [6.45, 7) is 0. The van der Waals surface area contributed by atoms with E-state index in [4.69, 9.17) is 5.11 Å². The molecule has 0 radical (unpaired) electrons. The minimum Gasteiger partial charge on any atom is -0.478 e. The van der Waals surface area contributed by atoms with Gasteiger partial charge in [-0.15, -0.1) is 11.3 Å². The van der Waals surface area contributed by atoms with Crippen LogP contribution >= 0.6 is 27.3 Å². The summed E-state index contributed by atoms with van der Waals surface area (Å²) in [5, 5.41) is 9.20. The number of rotatable bonds is 1. The smallest absolute Gasteiger partial charge is 0.337 e. The molecule has 72 valence electrons. The van der Waals surface area contributed by atoms with E-state index in [1.807, 2.05) is 0 Å². The van der Waals surface area contributed by atoms with Crippen LogP contribution in [0.2, 0.25) is 0 Å². The minimum atomic E-state index is -1.04. The lowest BCUT2D eigenvalue weighted by atomic mass is 10.1. The highest BCUT2D eigenvalue weighted by Gasteiger charge is 2.13. The number of thiophene rings is 1. The third kappa shape index (κ3) is 1.42. The summed E-state index contributed by atoms with van der Waals surface area (Å²) in [6.07, 6.45) is 0. The molecule has 0 fully saturated rings. The number of fused-ring (bicyclic) bond motifs is 1. The predicted octanol–water partition coefficient (Wildman–Crippen LogP) is 3.50. The third-order valence-electron chi connectivity index (χ3n) is 1.83. The highest BCUT2D eigenvalue weighted by molar-refractivity contribution is 9.11. The van der Waals surface area contributed by atoms with Gasteiger partial charge in [-0.05, 0) is 34.1 Å². The number of carboxylic acids is 1. The highest BCUT2D eigenvalue weighted by Crippen LogP contribution is 2.33. The molecule has 1 heterocycles. The van der Waals surface area contributed by atoms with Gasteiger partial charge in [0, 0.05) is 5.39 Å². The predicted molar refractivity (Wildman–Crippen MR) is 56.4 cm³/mol. The van der Waals surface area contributed by atoms with Crippen LogP contribution in [-0.4, -0.2) is 11.1 Å². The molecule has 2 rings (SSSR count). The van der Waals surface area contributed by atoms with Crippen molar-refractivity contribution in [3.8, 4) is 0 Å². The van der Waals surface area contributed by atoms with Crippen LogP contribution in [0.5, 0.6) is 0 Å². The van der Waals surface area contributed by atoms with Crippen molar-refractivity contribution in [2.75, 3.05) is 0 Å². The monoisotopic (exact) mass is 274 g/mol. The van der Waals surface area contributed by atoms with Gasteiger partial charge in [0.15, 0.2) is 0 Å². The maximum atomic E-state index is 13.2. The molecule has 5 heteroatoms. The molecular weight excluding hydrogens is 271 g/mol. The first-order valence-electron chi connectivity index (χ1n) is 3.70. The molecule has 2 aromatic rings. The number of hydrogen-bond donors (Lipinski definition) is 1. The zero-order valence-electron chi connectivity index (χ0n) is 6.75. The first kappa shape index (κ1) is 9.61. The molecule has 0 saturated carbocycles. The zero-order valence-corrected chi connectivity index (χ0v) is 9.15. The van der Waals surface area contributed by atoms with Gasteiger partial charge in [-0.3, -0.25) is 0 Å². The second-order valence-electron chi connectivity index (χ2n) is 2.69. The summed E-state index contributed by atoms with van der Waals surface area (Å²) >= 11 is 4.42. The van der Waals surface area contributed by atoms with E-state index in [-0.39, 0.29) is 5.56 Å². The first-order chi connectivity index (χ1) is 6.59. The number of benzene rings is 1. The lowest BCUT2D eigenvalue weighted by Gasteiger charge is -1.96. The lowest BCUT2D eigenvalue weighted by molar-refractivity contribution is 0.0699.